The zero-order valence-corrected chi connectivity index (χ0v) is 7.20. The molecule has 0 aromatic carbocycles. The Morgan fingerprint density at radius 3 is 2.83 bits per heavy atom. The lowest BCUT2D eigenvalue weighted by molar-refractivity contribution is 0.240. The van der Waals surface area contributed by atoms with Crippen LogP contribution in [0.2, 0.25) is 0 Å². The third kappa shape index (κ3) is 1.33. The minimum Gasteiger partial charge on any atom is -0.265 e. The van der Waals surface area contributed by atoms with Crippen LogP contribution in [0.25, 0.3) is 0 Å². The number of aromatic nitrogens is 1. The quantitative estimate of drug-likeness (QED) is 0.668. The van der Waals surface area contributed by atoms with Gasteiger partial charge in [-0.15, -0.1) is 0 Å². The molecule has 0 amide bonds. The molecule has 0 radical (unpaired) electrons. The van der Waals surface area contributed by atoms with Crippen LogP contribution in [0.15, 0.2) is 24.5 Å². The van der Waals surface area contributed by atoms with Gasteiger partial charge >= 0.3 is 0 Å². The number of pyridine rings is 1. The van der Waals surface area contributed by atoms with Gasteiger partial charge in [-0.1, -0.05) is 0 Å². The van der Waals surface area contributed by atoms with Crippen molar-refractivity contribution in [2.45, 2.75) is 12.5 Å². The molecule has 64 valence electrons. The first-order valence-electron chi connectivity index (χ1n) is 4.24. The highest BCUT2D eigenvalue weighted by molar-refractivity contribution is 5.15. The summed E-state index contributed by atoms with van der Waals surface area (Å²) in [5, 5.41) is 2.16. The molecule has 0 spiro atoms. The van der Waals surface area contributed by atoms with Crippen molar-refractivity contribution in [3.05, 3.63) is 30.1 Å². The van der Waals surface area contributed by atoms with E-state index >= 15 is 0 Å². The minimum absolute atomic E-state index is 0.521. The van der Waals surface area contributed by atoms with Gasteiger partial charge in [0, 0.05) is 26.0 Å². The molecule has 3 nitrogen and oxygen atoms in total. The summed E-state index contributed by atoms with van der Waals surface area (Å²) in [6, 6.07) is 4.68. The molecule has 1 aromatic heterocycles. The molecule has 2 heterocycles. The molecule has 0 saturated carbocycles. The SMILES string of the molecule is CN1NCCC1c1ccncc1. The summed E-state index contributed by atoms with van der Waals surface area (Å²) in [6.45, 7) is 1.07. The van der Waals surface area contributed by atoms with E-state index in [1.54, 1.807) is 0 Å². The third-order valence-corrected chi connectivity index (χ3v) is 2.34. The monoisotopic (exact) mass is 163 g/mol. The lowest BCUT2D eigenvalue weighted by atomic mass is 10.1. The molecule has 3 heteroatoms. The lowest BCUT2D eigenvalue weighted by Crippen LogP contribution is -2.28. The Morgan fingerprint density at radius 1 is 1.50 bits per heavy atom. The zero-order valence-electron chi connectivity index (χ0n) is 7.20. The van der Waals surface area contributed by atoms with Crippen LogP contribution in [-0.4, -0.2) is 23.6 Å². The maximum Gasteiger partial charge on any atom is 0.0503 e. The molecule has 1 aliphatic rings. The summed E-state index contributed by atoms with van der Waals surface area (Å²) in [5.74, 6) is 0. The number of hydrogen-bond donors (Lipinski definition) is 1. The Kier molecular flexibility index (Phi) is 2.06. The van der Waals surface area contributed by atoms with Crippen molar-refractivity contribution in [2.75, 3.05) is 13.6 Å². The molecule has 1 saturated heterocycles. The second-order valence-corrected chi connectivity index (χ2v) is 3.10. The van der Waals surface area contributed by atoms with Gasteiger partial charge in [0.05, 0.1) is 6.04 Å². The molecule has 1 N–H and O–H groups in total. The van der Waals surface area contributed by atoms with Crippen LogP contribution in [-0.2, 0) is 0 Å². The average Bonchev–Trinajstić information content (AvgIpc) is 2.53. The highest BCUT2D eigenvalue weighted by Crippen LogP contribution is 2.23. The fraction of sp³-hybridized carbons (Fsp3) is 0.444. The van der Waals surface area contributed by atoms with Gasteiger partial charge < -0.3 is 0 Å². The first-order chi connectivity index (χ1) is 5.88. The van der Waals surface area contributed by atoms with Gasteiger partial charge in [-0.25, -0.2) is 5.01 Å². The highest BCUT2D eigenvalue weighted by Gasteiger charge is 2.21. The Balaban J connectivity index is 2.19. The molecule has 1 atom stereocenters. The molecule has 12 heavy (non-hydrogen) atoms. The van der Waals surface area contributed by atoms with Crippen molar-refractivity contribution in [3.8, 4) is 0 Å². The smallest absolute Gasteiger partial charge is 0.0503 e. The predicted octanol–water partition coefficient (Wildman–Crippen LogP) is 0.963. The van der Waals surface area contributed by atoms with E-state index in [4.69, 9.17) is 0 Å². The largest absolute Gasteiger partial charge is 0.265 e. The molecular formula is C9H13N3. The van der Waals surface area contributed by atoms with Crippen LogP contribution < -0.4 is 5.43 Å². The summed E-state index contributed by atoms with van der Waals surface area (Å²) < 4.78 is 0. The molecule has 1 unspecified atom stereocenters. The van der Waals surface area contributed by atoms with Gasteiger partial charge in [-0.05, 0) is 24.1 Å². The minimum atomic E-state index is 0.521. The van der Waals surface area contributed by atoms with E-state index in [1.165, 1.54) is 12.0 Å². The van der Waals surface area contributed by atoms with Gasteiger partial charge in [0.25, 0.3) is 0 Å². The summed E-state index contributed by atoms with van der Waals surface area (Å²) in [5.41, 5.74) is 4.63. The van der Waals surface area contributed by atoms with Gasteiger partial charge in [0.1, 0.15) is 0 Å². The van der Waals surface area contributed by atoms with E-state index in [2.05, 4.69) is 34.6 Å². The highest BCUT2D eigenvalue weighted by atomic mass is 15.5. The second kappa shape index (κ2) is 3.21. The predicted molar refractivity (Wildman–Crippen MR) is 47.4 cm³/mol. The fourth-order valence-electron chi connectivity index (χ4n) is 1.66. The Labute approximate surface area is 72.4 Å². The Bertz CT molecular complexity index is 247. The summed E-state index contributed by atoms with van der Waals surface area (Å²) in [7, 11) is 2.08. The average molecular weight is 163 g/mol. The van der Waals surface area contributed by atoms with E-state index < -0.39 is 0 Å². The number of rotatable bonds is 1. The fourth-order valence-corrected chi connectivity index (χ4v) is 1.66. The summed E-state index contributed by atoms with van der Waals surface area (Å²) in [6.07, 6.45) is 4.88. The maximum atomic E-state index is 4.00. The standard InChI is InChI=1S/C9H13N3/c1-12-9(4-7-11-12)8-2-5-10-6-3-8/h2-3,5-6,9,11H,4,7H2,1H3. The van der Waals surface area contributed by atoms with E-state index in [-0.39, 0.29) is 0 Å². The van der Waals surface area contributed by atoms with Gasteiger partial charge in [-0.2, -0.15) is 0 Å². The molecule has 0 aliphatic carbocycles. The summed E-state index contributed by atoms with van der Waals surface area (Å²) >= 11 is 0. The Hall–Kier alpha value is -0.930. The van der Waals surface area contributed by atoms with Gasteiger partial charge in [0.15, 0.2) is 0 Å². The van der Waals surface area contributed by atoms with E-state index in [1.807, 2.05) is 12.4 Å². The number of hydrogen-bond acceptors (Lipinski definition) is 3. The van der Waals surface area contributed by atoms with Crippen LogP contribution >= 0.6 is 0 Å². The molecular weight excluding hydrogens is 150 g/mol. The molecule has 0 bridgehead atoms. The lowest BCUT2D eigenvalue weighted by Gasteiger charge is -2.18. The van der Waals surface area contributed by atoms with Crippen LogP contribution in [0.1, 0.15) is 18.0 Å². The van der Waals surface area contributed by atoms with Crippen LogP contribution in [0, 0.1) is 0 Å². The Morgan fingerprint density at radius 2 is 2.25 bits per heavy atom. The second-order valence-electron chi connectivity index (χ2n) is 3.10. The van der Waals surface area contributed by atoms with Crippen molar-refractivity contribution in [2.24, 2.45) is 0 Å². The van der Waals surface area contributed by atoms with Crippen LogP contribution in [0.3, 0.4) is 0 Å². The van der Waals surface area contributed by atoms with Gasteiger partial charge in [0.2, 0.25) is 0 Å². The number of nitrogens with zero attached hydrogens (tertiary/aromatic N) is 2. The number of hydrazine groups is 1. The van der Waals surface area contributed by atoms with Crippen molar-refractivity contribution >= 4 is 0 Å². The zero-order chi connectivity index (χ0) is 8.39. The van der Waals surface area contributed by atoms with Crippen molar-refractivity contribution in [3.63, 3.8) is 0 Å². The van der Waals surface area contributed by atoms with Crippen molar-refractivity contribution in [1.82, 2.24) is 15.4 Å². The van der Waals surface area contributed by atoms with E-state index in [9.17, 15) is 0 Å². The normalized spacial score (nSPS) is 24.6. The topological polar surface area (TPSA) is 28.2 Å². The molecule has 1 fully saturated rings. The molecule has 2 rings (SSSR count). The van der Waals surface area contributed by atoms with Crippen molar-refractivity contribution < 1.29 is 0 Å². The van der Waals surface area contributed by atoms with Crippen LogP contribution in [0.5, 0.6) is 0 Å². The first kappa shape index (κ1) is 7.71. The summed E-state index contributed by atoms with van der Waals surface area (Å²) in [4.78, 5) is 4.00. The number of nitrogens with one attached hydrogen (secondary N) is 1. The third-order valence-electron chi connectivity index (χ3n) is 2.34. The van der Waals surface area contributed by atoms with Crippen LogP contribution in [0.4, 0.5) is 0 Å². The first-order valence-corrected chi connectivity index (χ1v) is 4.24. The van der Waals surface area contributed by atoms with Gasteiger partial charge in [-0.3, -0.25) is 10.4 Å². The molecule has 1 aromatic rings. The van der Waals surface area contributed by atoms with Crippen molar-refractivity contribution in [1.29, 1.82) is 0 Å². The molecule has 1 aliphatic heterocycles. The van der Waals surface area contributed by atoms with E-state index in [0.717, 1.165) is 6.54 Å². The van der Waals surface area contributed by atoms with E-state index in [0.29, 0.717) is 6.04 Å². The maximum absolute atomic E-state index is 4.00.